The molecule has 0 spiro atoms. The van der Waals surface area contributed by atoms with Crippen molar-refractivity contribution < 1.29 is 29.3 Å². The van der Waals surface area contributed by atoms with E-state index in [0.717, 1.165) is 17.4 Å². The maximum Gasteiger partial charge on any atom is 0.323 e. The molecule has 1 fully saturated rings. The zero-order valence-corrected chi connectivity index (χ0v) is 14.1. The van der Waals surface area contributed by atoms with E-state index in [-0.39, 0.29) is 12.4 Å². The summed E-state index contributed by atoms with van der Waals surface area (Å²) >= 11 is 0. The molecule has 0 radical (unpaired) electrons. The second-order valence-corrected chi connectivity index (χ2v) is 5.98. The monoisotopic (exact) mass is 372 g/mol. The van der Waals surface area contributed by atoms with Crippen molar-refractivity contribution in [2.24, 2.45) is 17.2 Å². The Morgan fingerprint density at radius 2 is 2.08 bits per heavy atom. The van der Waals surface area contributed by atoms with E-state index in [1.165, 1.54) is 0 Å². The number of nitrogens with two attached hydrogens (primary N) is 3. The average Bonchev–Trinajstić information content (AvgIpc) is 3.20. The van der Waals surface area contributed by atoms with Crippen molar-refractivity contribution in [3.8, 4) is 0 Å². The van der Waals surface area contributed by atoms with Crippen molar-refractivity contribution in [1.82, 2.24) is 14.8 Å². The minimum Gasteiger partial charge on any atom is -0.462 e. The summed E-state index contributed by atoms with van der Waals surface area (Å²) in [4.78, 5) is 26.6. The molecule has 12 heteroatoms. The van der Waals surface area contributed by atoms with E-state index in [4.69, 9.17) is 26.7 Å². The number of aromatic nitrogens is 3. The van der Waals surface area contributed by atoms with Gasteiger partial charge in [0.25, 0.3) is 5.91 Å². The van der Waals surface area contributed by atoms with Gasteiger partial charge in [0.15, 0.2) is 6.23 Å². The summed E-state index contributed by atoms with van der Waals surface area (Å²) in [5.74, 6) is -1.73. The van der Waals surface area contributed by atoms with E-state index < -0.39 is 42.5 Å². The predicted octanol–water partition coefficient (Wildman–Crippen LogP) is -3.00. The van der Waals surface area contributed by atoms with Crippen molar-refractivity contribution in [2.75, 3.05) is 13.2 Å². The SMILES string of the molecule is NCCCC[C@H](N)C(=O)OC[C@H]1O[C@@H](n2cnc(C(N)=O)n2)[C@H](O)C1O. The summed E-state index contributed by atoms with van der Waals surface area (Å²) in [5, 5.41) is 23.9. The van der Waals surface area contributed by atoms with Gasteiger partial charge >= 0.3 is 5.97 Å². The third-order valence-electron chi connectivity index (χ3n) is 3.99. The second-order valence-electron chi connectivity index (χ2n) is 5.98. The zero-order chi connectivity index (χ0) is 19.3. The van der Waals surface area contributed by atoms with E-state index >= 15 is 0 Å². The van der Waals surface area contributed by atoms with Gasteiger partial charge in [-0.1, -0.05) is 6.42 Å². The van der Waals surface area contributed by atoms with Crippen LogP contribution in [0.1, 0.15) is 36.1 Å². The number of aliphatic hydroxyl groups excluding tert-OH is 2. The van der Waals surface area contributed by atoms with E-state index in [1.807, 2.05) is 0 Å². The fraction of sp³-hybridized carbons (Fsp3) is 0.714. The van der Waals surface area contributed by atoms with Crippen molar-refractivity contribution >= 4 is 11.9 Å². The van der Waals surface area contributed by atoms with Crippen LogP contribution in [0.5, 0.6) is 0 Å². The molecule has 12 nitrogen and oxygen atoms in total. The van der Waals surface area contributed by atoms with E-state index in [9.17, 15) is 19.8 Å². The van der Waals surface area contributed by atoms with Crippen LogP contribution in [0.3, 0.4) is 0 Å². The lowest BCUT2D eigenvalue weighted by Gasteiger charge is -2.16. The molecule has 2 heterocycles. The highest BCUT2D eigenvalue weighted by Gasteiger charge is 2.45. The van der Waals surface area contributed by atoms with Crippen LogP contribution >= 0.6 is 0 Å². The molecule has 0 bridgehead atoms. The van der Waals surface area contributed by atoms with E-state index in [2.05, 4.69) is 10.1 Å². The summed E-state index contributed by atoms with van der Waals surface area (Å²) in [5.41, 5.74) is 16.2. The summed E-state index contributed by atoms with van der Waals surface area (Å²) in [6.07, 6.45) is -1.76. The van der Waals surface area contributed by atoms with Gasteiger partial charge in [-0.25, -0.2) is 9.67 Å². The number of amides is 1. The van der Waals surface area contributed by atoms with Gasteiger partial charge in [-0.2, -0.15) is 0 Å². The Hall–Kier alpha value is -2.12. The van der Waals surface area contributed by atoms with E-state index in [1.54, 1.807) is 0 Å². The molecule has 1 amide bonds. The minimum atomic E-state index is -1.36. The van der Waals surface area contributed by atoms with E-state index in [0.29, 0.717) is 19.4 Å². The average molecular weight is 372 g/mol. The number of aliphatic hydroxyl groups is 2. The Bertz CT molecular complexity index is 625. The number of unbranched alkanes of at least 4 members (excludes halogenated alkanes) is 1. The number of rotatable bonds is 9. The molecule has 0 aromatic carbocycles. The van der Waals surface area contributed by atoms with Crippen LogP contribution in [0, 0.1) is 0 Å². The number of esters is 1. The third kappa shape index (κ3) is 4.74. The first-order chi connectivity index (χ1) is 12.3. The maximum atomic E-state index is 11.9. The summed E-state index contributed by atoms with van der Waals surface area (Å²) in [6, 6.07) is -0.797. The van der Waals surface area contributed by atoms with Crippen LogP contribution < -0.4 is 17.2 Å². The Morgan fingerprint density at radius 3 is 2.69 bits per heavy atom. The zero-order valence-electron chi connectivity index (χ0n) is 14.1. The molecule has 0 aliphatic carbocycles. The molecule has 1 aliphatic rings. The fourth-order valence-electron chi connectivity index (χ4n) is 2.49. The minimum absolute atomic E-state index is 0.256. The topological polar surface area (TPSA) is 202 Å². The lowest BCUT2D eigenvalue weighted by Crippen LogP contribution is -2.38. The van der Waals surface area contributed by atoms with Crippen molar-refractivity contribution in [3.63, 3.8) is 0 Å². The van der Waals surface area contributed by atoms with Crippen molar-refractivity contribution in [3.05, 3.63) is 12.2 Å². The van der Waals surface area contributed by atoms with Crippen LogP contribution in [0.15, 0.2) is 6.33 Å². The summed E-state index contributed by atoms with van der Waals surface area (Å²) < 4.78 is 11.6. The largest absolute Gasteiger partial charge is 0.462 e. The lowest BCUT2D eigenvalue weighted by molar-refractivity contribution is -0.152. The molecule has 8 N–H and O–H groups in total. The number of carbonyl (C=O) groups is 2. The van der Waals surface area contributed by atoms with Gasteiger partial charge < -0.3 is 36.9 Å². The van der Waals surface area contributed by atoms with Gasteiger partial charge in [-0.05, 0) is 19.4 Å². The van der Waals surface area contributed by atoms with Gasteiger partial charge in [0.2, 0.25) is 5.82 Å². The number of hydrogen-bond acceptors (Lipinski definition) is 10. The highest BCUT2D eigenvalue weighted by molar-refractivity contribution is 5.88. The van der Waals surface area contributed by atoms with Crippen molar-refractivity contribution in [1.29, 1.82) is 0 Å². The van der Waals surface area contributed by atoms with Gasteiger partial charge in [-0.3, -0.25) is 9.59 Å². The first-order valence-corrected chi connectivity index (χ1v) is 8.20. The number of carbonyl (C=O) groups excluding carboxylic acids is 2. The number of primary amides is 1. The molecule has 5 atom stereocenters. The molecule has 1 aliphatic heterocycles. The standard InChI is InChI=1S/C14H24N6O6/c15-4-2-1-3-7(16)14(24)25-5-8-9(21)10(22)13(26-8)20-6-18-12(19-20)11(17)23/h6-10,13,21-22H,1-5,15-16H2,(H2,17,23)/t7-,8+,9?,10+,13+/m0/s1. The molecule has 1 unspecified atom stereocenters. The molecule has 1 aromatic rings. The summed E-state index contributed by atoms with van der Waals surface area (Å²) in [6.45, 7) is 0.221. The normalized spacial score (nSPS) is 26.6. The molecule has 146 valence electrons. The third-order valence-corrected chi connectivity index (χ3v) is 3.99. The predicted molar refractivity (Wildman–Crippen MR) is 86.3 cm³/mol. The van der Waals surface area contributed by atoms with Gasteiger partial charge in [0.05, 0.1) is 0 Å². The first-order valence-electron chi connectivity index (χ1n) is 8.20. The number of hydrogen-bond donors (Lipinski definition) is 5. The van der Waals surface area contributed by atoms with Crippen LogP contribution in [-0.4, -0.2) is 74.4 Å². The molecule has 1 aromatic heterocycles. The second kappa shape index (κ2) is 9.00. The first kappa shape index (κ1) is 20.2. The van der Waals surface area contributed by atoms with Gasteiger partial charge in [0, 0.05) is 0 Å². The Morgan fingerprint density at radius 1 is 1.35 bits per heavy atom. The Labute approximate surface area is 149 Å². The van der Waals surface area contributed by atoms with Crippen molar-refractivity contribution in [2.45, 2.75) is 49.8 Å². The van der Waals surface area contributed by atoms with Crippen LogP contribution in [0.25, 0.3) is 0 Å². The molecule has 26 heavy (non-hydrogen) atoms. The Kier molecular flexibility index (Phi) is 6.99. The smallest absolute Gasteiger partial charge is 0.323 e. The fourth-order valence-corrected chi connectivity index (χ4v) is 2.49. The quantitative estimate of drug-likeness (QED) is 0.219. The Balaban J connectivity index is 1.88. The molecule has 1 saturated heterocycles. The van der Waals surface area contributed by atoms with Crippen LogP contribution in [-0.2, 0) is 14.3 Å². The van der Waals surface area contributed by atoms with Gasteiger partial charge in [-0.15, -0.1) is 5.10 Å². The highest BCUT2D eigenvalue weighted by atomic mass is 16.6. The molecule has 2 rings (SSSR count). The molecular weight excluding hydrogens is 348 g/mol. The molecular formula is C14H24N6O6. The van der Waals surface area contributed by atoms with Gasteiger partial charge in [0.1, 0.15) is 37.3 Å². The number of ether oxygens (including phenoxy) is 2. The highest BCUT2D eigenvalue weighted by Crippen LogP contribution is 2.29. The van der Waals surface area contributed by atoms with Crippen LogP contribution in [0.4, 0.5) is 0 Å². The lowest BCUT2D eigenvalue weighted by atomic mass is 10.1. The van der Waals surface area contributed by atoms with Crippen LogP contribution in [0.2, 0.25) is 0 Å². The number of nitrogens with zero attached hydrogens (tertiary/aromatic N) is 3. The maximum absolute atomic E-state index is 11.9. The summed E-state index contributed by atoms with van der Waals surface area (Å²) in [7, 11) is 0. The molecule has 0 saturated carbocycles.